The van der Waals surface area contributed by atoms with Gasteiger partial charge in [-0.25, -0.2) is 8.42 Å². The fourth-order valence-electron chi connectivity index (χ4n) is 2.73. The highest BCUT2D eigenvalue weighted by atomic mass is 32.2. The summed E-state index contributed by atoms with van der Waals surface area (Å²) >= 11 is 0. The molecule has 0 aliphatic heterocycles. The molecular weight excluding hydrogens is 462 g/mol. The number of anilines is 1. The van der Waals surface area contributed by atoms with Crippen LogP contribution in [0, 0.1) is 5.92 Å². The molecule has 0 bridgehead atoms. The van der Waals surface area contributed by atoms with Gasteiger partial charge in [-0.3, -0.25) is 14.4 Å². The smallest absolute Gasteiger partial charge is 0.324 e. The maximum atomic E-state index is 12.4. The second-order valence-corrected chi connectivity index (χ2v) is 9.54. The molecule has 2 amide bonds. The van der Waals surface area contributed by atoms with Gasteiger partial charge in [0.2, 0.25) is 10.0 Å². The van der Waals surface area contributed by atoms with Crippen molar-refractivity contribution in [3.63, 3.8) is 0 Å². The van der Waals surface area contributed by atoms with E-state index in [9.17, 15) is 22.8 Å². The van der Waals surface area contributed by atoms with E-state index in [0.29, 0.717) is 12.3 Å². The summed E-state index contributed by atoms with van der Waals surface area (Å²) < 4.78 is 37.0. The molecule has 3 N–H and O–H groups in total. The van der Waals surface area contributed by atoms with E-state index in [1.807, 2.05) is 13.8 Å². The van der Waals surface area contributed by atoms with Gasteiger partial charge in [-0.1, -0.05) is 26.0 Å². The topological polar surface area (TPSA) is 140 Å². The maximum absolute atomic E-state index is 12.4. The maximum Gasteiger partial charge on any atom is 0.324 e. The molecule has 0 fully saturated rings. The van der Waals surface area contributed by atoms with Crippen LogP contribution < -0.4 is 20.1 Å². The molecule has 34 heavy (non-hydrogen) atoms. The molecule has 2 rings (SSSR count). The first kappa shape index (κ1) is 26.8. The largest absolute Gasteiger partial charge is 0.497 e. The minimum atomic E-state index is -3.99. The van der Waals surface area contributed by atoms with Crippen LogP contribution in [-0.2, 0) is 24.3 Å². The Morgan fingerprint density at radius 1 is 0.971 bits per heavy atom. The Bertz CT molecular complexity index is 1120. The fraction of sp³-hybridized carbons (Fsp3) is 0.348. The van der Waals surface area contributed by atoms with Crippen molar-refractivity contribution in [2.75, 3.05) is 25.6 Å². The molecule has 0 saturated carbocycles. The van der Waals surface area contributed by atoms with Crippen LogP contribution >= 0.6 is 0 Å². The van der Waals surface area contributed by atoms with Crippen molar-refractivity contribution in [3.8, 4) is 5.75 Å². The molecule has 184 valence electrons. The average Bonchev–Trinajstić information content (AvgIpc) is 2.81. The van der Waals surface area contributed by atoms with Crippen LogP contribution in [0.4, 0.5) is 5.69 Å². The molecule has 1 unspecified atom stereocenters. The van der Waals surface area contributed by atoms with Gasteiger partial charge < -0.3 is 20.1 Å². The van der Waals surface area contributed by atoms with Crippen molar-refractivity contribution in [2.45, 2.75) is 31.7 Å². The number of hydrogen-bond acceptors (Lipinski definition) is 7. The number of carbonyl (C=O) groups excluding carboxylic acids is 3. The summed E-state index contributed by atoms with van der Waals surface area (Å²) in [6, 6.07) is 10.8. The predicted molar refractivity (Wildman–Crippen MR) is 126 cm³/mol. The van der Waals surface area contributed by atoms with Crippen LogP contribution in [0.1, 0.15) is 31.1 Å². The second-order valence-electron chi connectivity index (χ2n) is 7.82. The first-order valence-corrected chi connectivity index (χ1v) is 12.0. The number of benzene rings is 2. The lowest BCUT2D eigenvalue weighted by Gasteiger charge is -2.15. The standard InChI is InChI=1S/C23H29N3O7S/c1-15(2)13-24-22(28)19-7-5-6-8-20(19)25-21(27)14-33-23(29)16(3)26-34(30,31)18-11-9-17(32-4)10-12-18/h5-12,15-16,26H,13-14H2,1-4H3,(H,24,28)(H,25,27). The Kier molecular flexibility index (Phi) is 9.58. The minimum Gasteiger partial charge on any atom is -0.497 e. The van der Waals surface area contributed by atoms with Crippen molar-refractivity contribution >= 4 is 33.5 Å². The van der Waals surface area contributed by atoms with Gasteiger partial charge in [0.25, 0.3) is 11.8 Å². The van der Waals surface area contributed by atoms with Crippen LogP contribution in [0.5, 0.6) is 5.75 Å². The quantitative estimate of drug-likeness (QED) is 0.408. The number of amides is 2. The normalized spacial score (nSPS) is 12.0. The van der Waals surface area contributed by atoms with Crippen LogP contribution in [0.3, 0.4) is 0 Å². The summed E-state index contributed by atoms with van der Waals surface area (Å²) in [5, 5.41) is 5.30. The van der Waals surface area contributed by atoms with Crippen molar-refractivity contribution in [2.24, 2.45) is 5.92 Å². The average molecular weight is 492 g/mol. The van der Waals surface area contributed by atoms with Crippen molar-refractivity contribution in [1.29, 1.82) is 0 Å². The van der Waals surface area contributed by atoms with E-state index in [0.717, 1.165) is 0 Å². The Morgan fingerprint density at radius 2 is 1.62 bits per heavy atom. The fourth-order valence-corrected chi connectivity index (χ4v) is 3.93. The van der Waals surface area contributed by atoms with Gasteiger partial charge in [0.05, 0.1) is 23.3 Å². The Balaban J connectivity index is 1.92. The van der Waals surface area contributed by atoms with E-state index < -0.39 is 34.5 Å². The van der Waals surface area contributed by atoms with Gasteiger partial charge in [-0.15, -0.1) is 0 Å². The van der Waals surface area contributed by atoms with E-state index in [4.69, 9.17) is 9.47 Å². The third-order valence-electron chi connectivity index (χ3n) is 4.52. The van der Waals surface area contributed by atoms with E-state index in [2.05, 4.69) is 15.4 Å². The van der Waals surface area contributed by atoms with E-state index in [1.54, 1.807) is 24.3 Å². The number of methoxy groups -OCH3 is 1. The molecule has 0 radical (unpaired) electrons. The van der Waals surface area contributed by atoms with Gasteiger partial charge >= 0.3 is 5.97 Å². The number of ether oxygens (including phenoxy) is 2. The van der Waals surface area contributed by atoms with Gasteiger partial charge in [0.15, 0.2) is 6.61 Å². The van der Waals surface area contributed by atoms with Crippen molar-refractivity contribution in [3.05, 3.63) is 54.1 Å². The highest BCUT2D eigenvalue weighted by molar-refractivity contribution is 7.89. The van der Waals surface area contributed by atoms with Gasteiger partial charge in [0, 0.05) is 6.54 Å². The number of sulfonamides is 1. The molecule has 0 saturated heterocycles. The molecule has 2 aromatic rings. The molecule has 0 aliphatic rings. The molecular formula is C23H29N3O7S. The molecule has 0 aromatic heterocycles. The zero-order chi connectivity index (χ0) is 25.3. The molecule has 1 atom stereocenters. The first-order valence-electron chi connectivity index (χ1n) is 10.5. The first-order chi connectivity index (χ1) is 16.0. The molecule has 10 nitrogen and oxygen atoms in total. The predicted octanol–water partition coefficient (Wildman–Crippen LogP) is 1.93. The molecule has 11 heteroatoms. The van der Waals surface area contributed by atoms with Gasteiger partial charge in [-0.05, 0) is 49.2 Å². The summed E-state index contributed by atoms with van der Waals surface area (Å²) in [5.74, 6) is -1.22. The highest BCUT2D eigenvalue weighted by Gasteiger charge is 2.24. The number of hydrogen-bond donors (Lipinski definition) is 3. The third-order valence-corrected chi connectivity index (χ3v) is 6.07. The summed E-state index contributed by atoms with van der Waals surface area (Å²) in [6.07, 6.45) is 0. The van der Waals surface area contributed by atoms with Crippen molar-refractivity contribution < 1.29 is 32.3 Å². The lowest BCUT2D eigenvalue weighted by molar-refractivity contribution is -0.148. The zero-order valence-corrected chi connectivity index (χ0v) is 20.3. The van der Waals surface area contributed by atoms with E-state index in [1.165, 1.54) is 38.3 Å². The van der Waals surface area contributed by atoms with Gasteiger partial charge in [0.1, 0.15) is 11.8 Å². The molecule has 0 spiro atoms. The Hall–Kier alpha value is -3.44. The monoisotopic (exact) mass is 491 g/mol. The highest BCUT2D eigenvalue weighted by Crippen LogP contribution is 2.16. The number of carbonyl (C=O) groups is 3. The Labute approximate surface area is 199 Å². The lowest BCUT2D eigenvalue weighted by Crippen LogP contribution is -2.40. The van der Waals surface area contributed by atoms with Crippen LogP contribution in [0.25, 0.3) is 0 Å². The number of esters is 1. The molecule has 2 aromatic carbocycles. The number of rotatable bonds is 11. The van der Waals surface area contributed by atoms with E-state index >= 15 is 0 Å². The summed E-state index contributed by atoms with van der Waals surface area (Å²) in [4.78, 5) is 36.8. The minimum absolute atomic E-state index is 0.0574. The molecule has 0 heterocycles. The summed E-state index contributed by atoms with van der Waals surface area (Å²) in [6.45, 7) is 5.04. The second kappa shape index (κ2) is 12.1. The number of nitrogens with one attached hydrogen (secondary N) is 3. The third kappa shape index (κ3) is 7.85. The van der Waals surface area contributed by atoms with Crippen molar-refractivity contribution in [1.82, 2.24) is 10.0 Å². The van der Waals surface area contributed by atoms with Gasteiger partial charge in [-0.2, -0.15) is 4.72 Å². The SMILES string of the molecule is COc1ccc(S(=O)(=O)NC(C)C(=O)OCC(=O)Nc2ccccc2C(=O)NCC(C)C)cc1. The van der Waals surface area contributed by atoms with E-state index in [-0.39, 0.29) is 28.0 Å². The van der Waals surface area contributed by atoms with Crippen LogP contribution in [0.15, 0.2) is 53.4 Å². The lowest BCUT2D eigenvalue weighted by atomic mass is 10.1. The number of para-hydroxylation sites is 1. The molecule has 0 aliphatic carbocycles. The van der Waals surface area contributed by atoms with Crippen LogP contribution in [0.2, 0.25) is 0 Å². The summed E-state index contributed by atoms with van der Waals surface area (Å²) in [5.41, 5.74) is 0.529. The Morgan fingerprint density at radius 3 is 2.24 bits per heavy atom. The zero-order valence-electron chi connectivity index (χ0n) is 19.5. The van der Waals surface area contributed by atoms with Crippen LogP contribution in [-0.4, -0.2) is 52.5 Å². The summed E-state index contributed by atoms with van der Waals surface area (Å²) in [7, 11) is -2.54.